The van der Waals surface area contributed by atoms with Gasteiger partial charge in [-0.1, -0.05) is 29.3 Å². The predicted molar refractivity (Wildman–Crippen MR) is 160 cm³/mol. The number of aromatic nitrogens is 2. The van der Waals surface area contributed by atoms with Crippen LogP contribution in [0.1, 0.15) is 111 Å². The van der Waals surface area contributed by atoms with E-state index in [4.69, 9.17) is 27.9 Å². The Balaban J connectivity index is 1.42. The van der Waals surface area contributed by atoms with Crippen LogP contribution in [-0.4, -0.2) is 52.0 Å². The van der Waals surface area contributed by atoms with Crippen molar-refractivity contribution in [3.8, 4) is 0 Å². The lowest BCUT2D eigenvalue weighted by atomic mass is 9.74. The van der Waals surface area contributed by atoms with E-state index in [9.17, 15) is 27.6 Å². The molecule has 0 aliphatic heterocycles. The van der Waals surface area contributed by atoms with Gasteiger partial charge in [0.25, 0.3) is 5.91 Å². The van der Waals surface area contributed by atoms with E-state index in [0.29, 0.717) is 18.3 Å². The van der Waals surface area contributed by atoms with E-state index in [0.717, 1.165) is 36.6 Å². The molecule has 5 rings (SSSR count). The lowest BCUT2D eigenvalue weighted by Gasteiger charge is -2.36. The van der Waals surface area contributed by atoms with E-state index in [1.54, 1.807) is 19.9 Å². The molecule has 1 heterocycles. The predicted octanol–water partition coefficient (Wildman–Crippen LogP) is 8.19. The number of nitrogens with zero attached hydrogens (tertiary/aromatic N) is 3. The second-order valence-corrected chi connectivity index (χ2v) is 13.8. The first kappa shape index (κ1) is 32.8. The first-order valence-corrected chi connectivity index (χ1v) is 16.1. The molecule has 44 heavy (non-hydrogen) atoms. The van der Waals surface area contributed by atoms with Crippen LogP contribution in [0.15, 0.2) is 24.4 Å². The van der Waals surface area contributed by atoms with Gasteiger partial charge in [0.2, 0.25) is 0 Å². The molecule has 2 aromatic rings. The minimum atomic E-state index is -4.88. The summed E-state index contributed by atoms with van der Waals surface area (Å²) in [6, 6.07) is 3.95. The summed E-state index contributed by atoms with van der Waals surface area (Å²) in [5, 5.41) is 4.30. The molecule has 1 amide bonds. The molecule has 0 atom stereocenters. The zero-order valence-corrected chi connectivity index (χ0v) is 26.5. The molecule has 0 saturated heterocycles. The summed E-state index contributed by atoms with van der Waals surface area (Å²) >= 11 is 12.5. The third kappa shape index (κ3) is 6.81. The van der Waals surface area contributed by atoms with Gasteiger partial charge in [0.05, 0.1) is 52.0 Å². The number of alkyl halides is 3. The van der Waals surface area contributed by atoms with Gasteiger partial charge < -0.3 is 9.64 Å². The summed E-state index contributed by atoms with van der Waals surface area (Å²) in [6.45, 7) is 3.38. The molecule has 1 spiro atoms. The molecule has 0 radical (unpaired) electrons. The monoisotopic (exact) mass is 655 g/mol. The maximum atomic E-state index is 14.7. The molecular formula is C32H38Cl2F3N3O4. The molecule has 3 aliphatic carbocycles. The van der Waals surface area contributed by atoms with Crippen LogP contribution in [0.3, 0.4) is 0 Å². The molecule has 3 saturated carbocycles. The molecule has 1 aromatic heterocycles. The second kappa shape index (κ2) is 12.7. The van der Waals surface area contributed by atoms with Gasteiger partial charge in [0.1, 0.15) is 0 Å². The molecule has 240 valence electrons. The van der Waals surface area contributed by atoms with Crippen LogP contribution in [0.4, 0.5) is 13.2 Å². The largest absolute Gasteiger partial charge is 0.466 e. The molecule has 12 heteroatoms. The topological polar surface area (TPSA) is 81.5 Å². The van der Waals surface area contributed by atoms with Gasteiger partial charge in [-0.25, -0.2) is 0 Å². The number of ether oxygens (including phenoxy) is 1. The minimum Gasteiger partial charge on any atom is -0.466 e. The normalized spacial score (nSPS) is 23.4. The number of hydrogen-bond donors (Lipinski definition) is 0. The Kier molecular flexibility index (Phi) is 9.44. The summed E-state index contributed by atoms with van der Waals surface area (Å²) in [7, 11) is 0. The number of carbonyl (C=O) groups excluding carboxylic acids is 3. The van der Waals surface area contributed by atoms with Crippen molar-refractivity contribution in [2.45, 2.75) is 90.3 Å². The van der Waals surface area contributed by atoms with Crippen LogP contribution in [0.25, 0.3) is 0 Å². The average Bonchev–Trinajstić information content (AvgIpc) is 3.56. The molecular weight excluding hydrogens is 618 g/mol. The first-order chi connectivity index (χ1) is 20.8. The fourth-order valence-corrected chi connectivity index (χ4v) is 7.55. The number of ketones is 1. The maximum Gasteiger partial charge on any atom is 0.433 e. The van der Waals surface area contributed by atoms with Gasteiger partial charge >= 0.3 is 12.1 Å². The van der Waals surface area contributed by atoms with E-state index in [1.165, 1.54) is 29.9 Å². The summed E-state index contributed by atoms with van der Waals surface area (Å²) in [6.07, 6.45) is 3.40. The summed E-state index contributed by atoms with van der Waals surface area (Å²) in [5.74, 6) is -1.75. The van der Waals surface area contributed by atoms with Crippen LogP contribution in [0.5, 0.6) is 0 Å². The van der Waals surface area contributed by atoms with Crippen molar-refractivity contribution < 1.29 is 32.3 Å². The number of esters is 1. The highest BCUT2D eigenvalue weighted by Crippen LogP contribution is 2.57. The smallest absolute Gasteiger partial charge is 0.433 e. The van der Waals surface area contributed by atoms with Crippen molar-refractivity contribution in [1.82, 2.24) is 14.7 Å². The van der Waals surface area contributed by atoms with Crippen molar-refractivity contribution in [1.29, 1.82) is 0 Å². The number of hydrogen-bond acceptors (Lipinski definition) is 5. The van der Waals surface area contributed by atoms with E-state index in [1.807, 2.05) is 0 Å². The SMILES string of the molecule is CCOC(=O)[C@]1(C)CC[C@@H](n2ncc(C(=O)N(CC(=O)c3c(Cl)cccc3Cl)CC3CCC4(CC3)CC4)c2C(F)(F)F)CC1. The standard InChI is InChI=1S/C32H38Cl2F3N3O4/c1-3-44-29(43)30(2)11-9-21(10-12-30)40-27(32(35,36)37)22(17-38-40)28(42)39(18-20-7-13-31(14-8-20)15-16-31)19-25(41)26-23(33)5-4-6-24(26)34/h4-6,17,20-21H,3,7-16,18-19H2,1-2H3/t21-,30-. The van der Waals surface area contributed by atoms with Crippen LogP contribution in [-0.2, 0) is 15.7 Å². The molecule has 3 aliphatic rings. The number of Topliss-reactive ketones (excluding diaryl/α,β-unsaturated/α-hetero) is 1. The zero-order valence-electron chi connectivity index (χ0n) is 25.0. The number of benzene rings is 1. The lowest BCUT2D eigenvalue weighted by molar-refractivity contribution is -0.157. The van der Waals surface area contributed by atoms with Crippen molar-refractivity contribution >= 4 is 40.9 Å². The first-order valence-electron chi connectivity index (χ1n) is 15.4. The van der Waals surface area contributed by atoms with Crippen LogP contribution < -0.4 is 0 Å². The van der Waals surface area contributed by atoms with E-state index in [2.05, 4.69) is 5.10 Å². The Morgan fingerprint density at radius 2 is 1.64 bits per heavy atom. The summed E-state index contributed by atoms with van der Waals surface area (Å²) in [4.78, 5) is 41.1. The maximum absolute atomic E-state index is 14.7. The van der Waals surface area contributed by atoms with Crippen molar-refractivity contribution in [2.75, 3.05) is 19.7 Å². The average molecular weight is 657 g/mol. The molecule has 0 N–H and O–H groups in total. The Hall–Kier alpha value is -2.59. The van der Waals surface area contributed by atoms with Crippen LogP contribution in [0, 0.1) is 16.7 Å². The van der Waals surface area contributed by atoms with E-state index in [-0.39, 0.29) is 53.5 Å². The summed E-state index contributed by atoms with van der Waals surface area (Å²) < 4.78 is 50.1. The Morgan fingerprint density at radius 3 is 2.18 bits per heavy atom. The fraction of sp³-hybridized carbons (Fsp3) is 0.625. The second-order valence-electron chi connectivity index (χ2n) is 13.0. The van der Waals surface area contributed by atoms with Gasteiger partial charge in [-0.3, -0.25) is 19.1 Å². The Labute approximate surface area is 265 Å². The molecule has 7 nitrogen and oxygen atoms in total. The van der Waals surface area contributed by atoms with Gasteiger partial charge in [-0.15, -0.1) is 0 Å². The number of amides is 1. The van der Waals surface area contributed by atoms with E-state index < -0.39 is 47.1 Å². The molecule has 1 aromatic carbocycles. The number of carbonyl (C=O) groups is 3. The quantitative estimate of drug-likeness (QED) is 0.201. The third-order valence-corrected chi connectivity index (χ3v) is 10.6. The zero-order chi connectivity index (χ0) is 31.9. The van der Waals surface area contributed by atoms with Crippen LogP contribution >= 0.6 is 23.2 Å². The molecule has 0 bridgehead atoms. The highest BCUT2D eigenvalue weighted by Gasteiger charge is 2.47. The molecule has 3 fully saturated rings. The van der Waals surface area contributed by atoms with Crippen molar-refractivity contribution in [3.63, 3.8) is 0 Å². The number of halogens is 5. The van der Waals surface area contributed by atoms with Gasteiger partial charge in [-0.05, 0) is 102 Å². The lowest BCUT2D eigenvalue weighted by Crippen LogP contribution is -2.41. The number of rotatable bonds is 9. The Bertz CT molecular complexity index is 1380. The summed E-state index contributed by atoms with van der Waals surface area (Å²) in [5.41, 5.74) is -2.09. The van der Waals surface area contributed by atoms with E-state index >= 15 is 0 Å². The fourth-order valence-electron chi connectivity index (χ4n) is 6.94. The third-order valence-electron chi connectivity index (χ3n) is 9.93. The minimum absolute atomic E-state index is 0.0350. The highest BCUT2D eigenvalue weighted by molar-refractivity contribution is 6.40. The van der Waals surface area contributed by atoms with Gasteiger partial charge in [-0.2, -0.15) is 18.3 Å². The van der Waals surface area contributed by atoms with Gasteiger partial charge in [0, 0.05) is 6.54 Å². The molecule has 0 unspecified atom stereocenters. The van der Waals surface area contributed by atoms with Crippen molar-refractivity contribution in [3.05, 3.63) is 51.3 Å². The van der Waals surface area contributed by atoms with Crippen molar-refractivity contribution in [2.24, 2.45) is 16.7 Å². The van der Waals surface area contributed by atoms with Crippen LogP contribution in [0.2, 0.25) is 10.0 Å². The highest BCUT2D eigenvalue weighted by atomic mass is 35.5. The van der Waals surface area contributed by atoms with Gasteiger partial charge in [0.15, 0.2) is 11.5 Å². The Morgan fingerprint density at radius 1 is 1.02 bits per heavy atom.